The first kappa shape index (κ1) is 8.72. The predicted octanol–water partition coefficient (Wildman–Crippen LogP) is 1.55. The van der Waals surface area contributed by atoms with Crippen LogP contribution in [0.25, 0.3) is 4.96 Å². The molecule has 13 heavy (non-hydrogen) atoms. The van der Waals surface area contributed by atoms with Crippen molar-refractivity contribution in [1.82, 2.24) is 14.7 Å². The van der Waals surface area contributed by atoms with E-state index in [9.17, 15) is 0 Å². The van der Waals surface area contributed by atoms with E-state index in [1.165, 1.54) is 5.69 Å². The highest BCUT2D eigenvalue weighted by atomic mass is 32.1. The lowest BCUT2D eigenvalue weighted by Crippen LogP contribution is -2.16. The van der Waals surface area contributed by atoms with Gasteiger partial charge in [0.25, 0.3) is 0 Å². The maximum absolute atomic E-state index is 4.23. The number of imidazole rings is 1. The molecule has 0 spiro atoms. The van der Waals surface area contributed by atoms with Gasteiger partial charge in [0.05, 0.1) is 0 Å². The minimum absolute atomic E-state index is 1.04. The van der Waals surface area contributed by atoms with Gasteiger partial charge in [-0.2, -0.15) is 0 Å². The van der Waals surface area contributed by atoms with Crippen LogP contribution in [0.3, 0.4) is 0 Å². The van der Waals surface area contributed by atoms with Crippen LogP contribution < -0.4 is 5.32 Å². The molecule has 70 valence electrons. The van der Waals surface area contributed by atoms with Gasteiger partial charge < -0.3 is 5.32 Å². The molecule has 2 aromatic heterocycles. The molecule has 0 saturated heterocycles. The van der Waals surface area contributed by atoms with Crippen LogP contribution in [0.15, 0.2) is 17.8 Å². The molecule has 2 rings (SSSR count). The number of thiazole rings is 1. The first-order valence-electron chi connectivity index (χ1n) is 4.52. The molecule has 0 aliphatic heterocycles. The van der Waals surface area contributed by atoms with Crippen LogP contribution >= 0.6 is 11.3 Å². The van der Waals surface area contributed by atoms with E-state index in [1.54, 1.807) is 11.3 Å². The molecule has 0 aromatic carbocycles. The number of hydrogen-bond acceptors (Lipinski definition) is 3. The second-order valence-corrected chi connectivity index (χ2v) is 3.75. The van der Waals surface area contributed by atoms with Gasteiger partial charge in [-0.05, 0) is 6.54 Å². The summed E-state index contributed by atoms with van der Waals surface area (Å²) in [5, 5.41) is 5.49. The van der Waals surface area contributed by atoms with Gasteiger partial charge in [0, 0.05) is 36.4 Å². The number of fused-ring (bicyclic) bond motifs is 1. The Morgan fingerprint density at radius 2 is 2.54 bits per heavy atom. The van der Waals surface area contributed by atoms with Gasteiger partial charge in [-0.25, -0.2) is 4.98 Å². The Labute approximate surface area is 81.4 Å². The van der Waals surface area contributed by atoms with Crippen molar-refractivity contribution in [2.75, 3.05) is 13.1 Å². The number of rotatable bonds is 4. The number of nitrogens with zero attached hydrogens (tertiary/aromatic N) is 2. The van der Waals surface area contributed by atoms with Crippen molar-refractivity contribution in [3.63, 3.8) is 0 Å². The fraction of sp³-hybridized carbons (Fsp3) is 0.444. The molecule has 0 saturated carbocycles. The molecule has 2 aromatic rings. The van der Waals surface area contributed by atoms with Gasteiger partial charge in [-0.1, -0.05) is 6.92 Å². The third-order valence-electron chi connectivity index (χ3n) is 2.02. The molecule has 0 fully saturated rings. The lowest BCUT2D eigenvalue weighted by atomic mass is 10.3. The summed E-state index contributed by atoms with van der Waals surface area (Å²) < 4.78 is 2.15. The average Bonchev–Trinajstić information content (AvgIpc) is 2.68. The molecule has 0 radical (unpaired) electrons. The van der Waals surface area contributed by atoms with Crippen LogP contribution in [0.5, 0.6) is 0 Å². The maximum Gasteiger partial charge on any atom is 0.193 e. The second kappa shape index (κ2) is 3.89. The van der Waals surface area contributed by atoms with Crippen LogP contribution in [0.4, 0.5) is 0 Å². The SMILES string of the molecule is CCNCCc1csc2nccn12. The molecule has 3 nitrogen and oxygen atoms in total. The van der Waals surface area contributed by atoms with Crippen molar-refractivity contribution in [3.8, 4) is 0 Å². The van der Waals surface area contributed by atoms with Crippen molar-refractivity contribution in [2.45, 2.75) is 13.3 Å². The monoisotopic (exact) mass is 195 g/mol. The molecule has 0 aliphatic carbocycles. The van der Waals surface area contributed by atoms with E-state index in [4.69, 9.17) is 0 Å². The quantitative estimate of drug-likeness (QED) is 0.750. The summed E-state index contributed by atoms with van der Waals surface area (Å²) in [6, 6.07) is 0. The highest BCUT2D eigenvalue weighted by Gasteiger charge is 2.02. The molecule has 0 atom stereocenters. The molecule has 1 N–H and O–H groups in total. The molecule has 2 heterocycles. The van der Waals surface area contributed by atoms with Crippen molar-refractivity contribution in [2.24, 2.45) is 0 Å². The van der Waals surface area contributed by atoms with Crippen molar-refractivity contribution >= 4 is 16.3 Å². The second-order valence-electron chi connectivity index (χ2n) is 2.91. The predicted molar refractivity (Wildman–Crippen MR) is 55.3 cm³/mol. The van der Waals surface area contributed by atoms with Crippen molar-refractivity contribution < 1.29 is 0 Å². The summed E-state index contributed by atoms with van der Waals surface area (Å²) in [5.74, 6) is 0. The van der Waals surface area contributed by atoms with E-state index in [1.807, 2.05) is 12.4 Å². The van der Waals surface area contributed by atoms with E-state index in [0.29, 0.717) is 0 Å². The van der Waals surface area contributed by atoms with Crippen LogP contribution in [-0.2, 0) is 6.42 Å². The molecule has 4 heteroatoms. The lowest BCUT2D eigenvalue weighted by molar-refractivity contribution is 0.706. The largest absolute Gasteiger partial charge is 0.317 e. The molecular formula is C9H13N3S. The third-order valence-corrected chi connectivity index (χ3v) is 2.93. The van der Waals surface area contributed by atoms with Crippen LogP contribution in [-0.4, -0.2) is 22.5 Å². The first-order chi connectivity index (χ1) is 6.42. The van der Waals surface area contributed by atoms with E-state index < -0.39 is 0 Å². The Hall–Kier alpha value is -0.870. The van der Waals surface area contributed by atoms with E-state index in [0.717, 1.165) is 24.5 Å². The van der Waals surface area contributed by atoms with Gasteiger partial charge in [-0.15, -0.1) is 11.3 Å². The summed E-state index contributed by atoms with van der Waals surface area (Å²) in [7, 11) is 0. The summed E-state index contributed by atoms with van der Waals surface area (Å²) >= 11 is 1.70. The smallest absolute Gasteiger partial charge is 0.193 e. The van der Waals surface area contributed by atoms with Crippen molar-refractivity contribution in [1.29, 1.82) is 0 Å². The van der Waals surface area contributed by atoms with Crippen LogP contribution in [0, 0.1) is 0 Å². The van der Waals surface area contributed by atoms with Crippen LogP contribution in [0.2, 0.25) is 0 Å². The minimum Gasteiger partial charge on any atom is -0.317 e. The molecule has 0 amide bonds. The maximum atomic E-state index is 4.23. The minimum atomic E-state index is 1.04. The lowest BCUT2D eigenvalue weighted by Gasteiger charge is -1.99. The summed E-state index contributed by atoms with van der Waals surface area (Å²) in [6.45, 7) is 4.21. The average molecular weight is 195 g/mol. The van der Waals surface area contributed by atoms with E-state index >= 15 is 0 Å². The summed E-state index contributed by atoms with van der Waals surface area (Å²) in [6.07, 6.45) is 4.94. The topological polar surface area (TPSA) is 29.3 Å². The Balaban J connectivity index is 2.09. The van der Waals surface area contributed by atoms with Gasteiger partial charge >= 0.3 is 0 Å². The molecule has 0 bridgehead atoms. The zero-order valence-corrected chi connectivity index (χ0v) is 8.47. The number of nitrogens with one attached hydrogen (secondary N) is 1. The zero-order chi connectivity index (χ0) is 9.10. The standard InChI is InChI=1S/C9H13N3S/c1-2-10-4-3-8-7-13-9-11-5-6-12(8)9/h5-7,10H,2-4H2,1H3. The third kappa shape index (κ3) is 1.73. The molecule has 0 aliphatic rings. The number of likely N-dealkylation sites (N-methyl/N-ethyl adjacent to an activating group) is 1. The fourth-order valence-corrected chi connectivity index (χ4v) is 2.23. The highest BCUT2D eigenvalue weighted by molar-refractivity contribution is 7.15. The Morgan fingerprint density at radius 3 is 3.38 bits per heavy atom. The fourth-order valence-electron chi connectivity index (χ4n) is 1.35. The number of aromatic nitrogens is 2. The Morgan fingerprint density at radius 1 is 1.62 bits per heavy atom. The van der Waals surface area contributed by atoms with Gasteiger partial charge in [0.1, 0.15) is 0 Å². The van der Waals surface area contributed by atoms with Crippen LogP contribution in [0.1, 0.15) is 12.6 Å². The zero-order valence-electron chi connectivity index (χ0n) is 7.66. The van der Waals surface area contributed by atoms with Gasteiger partial charge in [0.2, 0.25) is 0 Å². The van der Waals surface area contributed by atoms with E-state index in [2.05, 4.69) is 27.0 Å². The Bertz CT molecular complexity index is 377. The summed E-state index contributed by atoms with van der Waals surface area (Å²) in [5.41, 5.74) is 1.35. The molecular weight excluding hydrogens is 182 g/mol. The van der Waals surface area contributed by atoms with E-state index in [-0.39, 0.29) is 0 Å². The normalized spacial score (nSPS) is 11.2. The number of hydrogen-bond donors (Lipinski definition) is 1. The first-order valence-corrected chi connectivity index (χ1v) is 5.40. The van der Waals surface area contributed by atoms with Gasteiger partial charge in [-0.3, -0.25) is 4.40 Å². The molecule has 0 unspecified atom stereocenters. The van der Waals surface area contributed by atoms with Crippen molar-refractivity contribution in [3.05, 3.63) is 23.5 Å². The summed E-state index contributed by atoms with van der Waals surface area (Å²) in [4.78, 5) is 5.32. The highest BCUT2D eigenvalue weighted by Crippen LogP contribution is 2.14. The Kier molecular flexibility index (Phi) is 2.61. The van der Waals surface area contributed by atoms with Gasteiger partial charge in [0.15, 0.2) is 4.96 Å².